The molecule has 12 heteroatoms. The topological polar surface area (TPSA) is 138 Å². The van der Waals surface area contributed by atoms with Crippen LogP contribution in [0, 0.1) is 16.0 Å². The second-order valence-corrected chi connectivity index (χ2v) is 7.37. The number of likely N-dealkylation sites (N-methyl/N-ethyl adjacent to an activating group) is 1. The van der Waals surface area contributed by atoms with Crippen LogP contribution in [0.15, 0.2) is 6.07 Å². The first-order chi connectivity index (χ1) is 15.7. The Kier molecular flexibility index (Phi) is 8.83. The lowest BCUT2D eigenvalue weighted by Crippen LogP contribution is -2.45. The largest absolute Gasteiger partial charge is 0.493 e. The standard InChI is InChI=1S/C21H29N3O9/c1-6-33-21(27)13-7-9-23(10-8-13)16(25)12-22(2)20(26)14-11-15(30-3)18(31-4)19(32-5)17(14)24(28)29/h11,13H,6-10,12H2,1-5H3. The van der Waals surface area contributed by atoms with Crippen molar-refractivity contribution in [2.45, 2.75) is 19.8 Å². The molecule has 0 unspecified atom stereocenters. The lowest BCUT2D eigenvalue weighted by Gasteiger charge is -2.32. The van der Waals surface area contributed by atoms with Crippen LogP contribution in [0.4, 0.5) is 5.69 Å². The lowest BCUT2D eigenvalue weighted by molar-refractivity contribution is -0.386. The van der Waals surface area contributed by atoms with Gasteiger partial charge >= 0.3 is 11.7 Å². The predicted octanol–water partition coefficient (Wildman–Crippen LogP) is 1.49. The van der Waals surface area contributed by atoms with Crippen molar-refractivity contribution in [1.29, 1.82) is 0 Å². The zero-order chi connectivity index (χ0) is 24.7. The first-order valence-electron chi connectivity index (χ1n) is 10.4. The van der Waals surface area contributed by atoms with Crippen LogP contribution < -0.4 is 14.2 Å². The molecule has 0 saturated carbocycles. The third kappa shape index (κ3) is 5.62. The Morgan fingerprint density at radius 3 is 2.21 bits per heavy atom. The van der Waals surface area contributed by atoms with Gasteiger partial charge in [0, 0.05) is 26.2 Å². The lowest BCUT2D eigenvalue weighted by atomic mass is 9.97. The fourth-order valence-electron chi connectivity index (χ4n) is 3.69. The molecular formula is C21H29N3O9. The molecule has 182 valence electrons. The number of nitro groups is 1. The van der Waals surface area contributed by atoms with Gasteiger partial charge in [-0.15, -0.1) is 0 Å². The van der Waals surface area contributed by atoms with Gasteiger partial charge in [0.15, 0.2) is 5.75 Å². The Morgan fingerprint density at radius 1 is 1.12 bits per heavy atom. The minimum Gasteiger partial charge on any atom is -0.493 e. The Labute approximate surface area is 191 Å². The van der Waals surface area contributed by atoms with Crippen molar-refractivity contribution in [3.05, 3.63) is 21.7 Å². The molecule has 0 N–H and O–H groups in total. The van der Waals surface area contributed by atoms with E-state index in [-0.39, 0.29) is 47.2 Å². The number of hydrogen-bond donors (Lipinski definition) is 0. The second-order valence-electron chi connectivity index (χ2n) is 7.37. The SMILES string of the molecule is CCOC(=O)C1CCN(C(=O)CN(C)C(=O)c2cc(OC)c(OC)c(OC)c2[N+](=O)[O-])CC1. The van der Waals surface area contributed by atoms with Gasteiger partial charge < -0.3 is 28.7 Å². The maximum Gasteiger partial charge on any atom is 0.327 e. The van der Waals surface area contributed by atoms with E-state index in [1.54, 1.807) is 11.8 Å². The van der Waals surface area contributed by atoms with E-state index in [0.717, 1.165) is 4.90 Å². The monoisotopic (exact) mass is 467 g/mol. The number of methoxy groups -OCH3 is 3. The van der Waals surface area contributed by atoms with Crippen LogP contribution in [0.1, 0.15) is 30.1 Å². The van der Waals surface area contributed by atoms with Crippen LogP contribution in [-0.2, 0) is 14.3 Å². The average molecular weight is 467 g/mol. The summed E-state index contributed by atoms with van der Waals surface area (Å²) in [6.45, 7) is 2.46. The summed E-state index contributed by atoms with van der Waals surface area (Å²) in [5.74, 6) is -1.82. The maximum absolute atomic E-state index is 13.1. The molecule has 12 nitrogen and oxygen atoms in total. The summed E-state index contributed by atoms with van der Waals surface area (Å²) < 4.78 is 20.5. The van der Waals surface area contributed by atoms with Crippen LogP contribution in [0.25, 0.3) is 0 Å². The van der Waals surface area contributed by atoms with E-state index in [2.05, 4.69) is 0 Å². The molecule has 1 saturated heterocycles. The molecule has 1 fully saturated rings. The van der Waals surface area contributed by atoms with Crippen molar-refractivity contribution >= 4 is 23.5 Å². The normalized spacial score (nSPS) is 13.8. The minimum atomic E-state index is -0.754. The van der Waals surface area contributed by atoms with Crippen molar-refractivity contribution in [3.63, 3.8) is 0 Å². The van der Waals surface area contributed by atoms with Gasteiger partial charge in [-0.1, -0.05) is 0 Å². The summed E-state index contributed by atoms with van der Waals surface area (Å²) in [6, 6.07) is 1.19. The number of benzene rings is 1. The molecular weight excluding hydrogens is 438 g/mol. The van der Waals surface area contributed by atoms with E-state index < -0.39 is 16.5 Å². The Bertz CT molecular complexity index is 911. The average Bonchev–Trinajstić information content (AvgIpc) is 2.81. The molecule has 0 atom stereocenters. The number of amides is 2. The van der Waals surface area contributed by atoms with E-state index in [1.165, 1.54) is 34.4 Å². The smallest absolute Gasteiger partial charge is 0.327 e. The summed E-state index contributed by atoms with van der Waals surface area (Å²) in [4.78, 5) is 51.3. The van der Waals surface area contributed by atoms with Crippen molar-refractivity contribution < 1.29 is 38.3 Å². The molecule has 0 bridgehead atoms. The van der Waals surface area contributed by atoms with Gasteiger partial charge in [0.05, 0.1) is 45.3 Å². The fourth-order valence-corrected chi connectivity index (χ4v) is 3.69. The molecule has 1 heterocycles. The second kappa shape index (κ2) is 11.3. The van der Waals surface area contributed by atoms with Crippen molar-refractivity contribution in [2.75, 3.05) is 54.6 Å². The summed E-state index contributed by atoms with van der Waals surface area (Å²) in [5, 5.41) is 11.7. The summed E-state index contributed by atoms with van der Waals surface area (Å²) in [6.07, 6.45) is 0.946. The quantitative estimate of drug-likeness (QED) is 0.300. The Hall–Kier alpha value is -3.57. The molecule has 0 aliphatic carbocycles. The number of esters is 1. The Balaban J connectivity index is 2.19. The van der Waals surface area contributed by atoms with E-state index in [0.29, 0.717) is 32.5 Å². The molecule has 0 aromatic heterocycles. The molecule has 2 amide bonds. The van der Waals surface area contributed by atoms with Crippen molar-refractivity contribution in [1.82, 2.24) is 9.80 Å². The number of ether oxygens (including phenoxy) is 4. The summed E-state index contributed by atoms with van der Waals surface area (Å²) in [7, 11) is 5.20. The number of carbonyl (C=O) groups excluding carboxylic acids is 3. The summed E-state index contributed by atoms with van der Waals surface area (Å²) >= 11 is 0. The van der Waals surface area contributed by atoms with Gasteiger partial charge in [-0.2, -0.15) is 0 Å². The third-order valence-electron chi connectivity index (χ3n) is 5.40. The Morgan fingerprint density at radius 2 is 1.73 bits per heavy atom. The maximum atomic E-state index is 13.1. The van der Waals surface area contributed by atoms with Gasteiger partial charge in [0.1, 0.15) is 5.56 Å². The predicted molar refractivity (Wildman–Crippen MR) is 116 cm³/mol. The molecule has 1 aliphatic rings. The molecule has 1 aromatic carbocycles. The number of piperidine rings is 1. The molecule has 0 spiro atoms. The van der Waals surface area contributed by atoms with E-state index in [9.17, 15) is 24.5 Å². The zero-order valence-electron chi connectivity index (χ0n) is 19.4. The number of rotatable bonds is 9. The third-order valence-corrected chi connectivity index (χ3v) is 5.40. The van der Waals surface area contributed by atoms with E-state index in [1.807, 2.05) is 0 Å². The zero-order valence-corrected chi connectivity index (χ0v) is 19.4. The first kappa shape index (κ1) is 25.7. The van der Waals surface area contributed by atoms with Crippen LogP contribution in [0.5, 0.6) is 17.2 Å². The van der Waals surface area contributed by atoms with Crippen molar-refractivity contribution in [3.8, 4) is 17.2 Å². The first-order valence-corrected chi connectivity index (χ1v) is 10.4. The van der Waals surface area contributed by atoms with Gasteiger partial charge in [-0.3, -0.25) is 24.5 Å². The van der Waals surface area contributed by atoms with Gasteiger partial charge in [0.2, 0.25) is 17.4 Å². The molecule has 0 radical (unpaired) electrons. The number of likely N-dealkylation sites (tertiary alicyclic amines) is 1. The molecule has 2 rings (SSSR count). The van der Waals surface area contributed by atoms with Gasteiger partial charge in [-0.25, -0.2) is 0 Å². The highest BCUT2D eigenvalue weighted by atomic mass is 16.6. The van der Waals surface area contributed by atoms with Crippen LogP contribution in [0.3, 0.4) is 0 Å². The van der Waals surface area contributed by atoms with Crippen LogP contribution >= 0.6 is 0 Å². The fraction of sp³-hybridized carbons (Fsp3) is 0.571. The highest BCUT2D eigenvalue weighted by molar-refractivity contribution is 6.02. The highest BCUT2D eigenvalue weighted by Crippen LogP contribution is 2.46. The van der Waals surface area contributed by atoms with Crippen LogP contribution in [-0.4, -0.2) is 87.1 Å². The van der Waals surface area contributed by atoms with Gasteiger partial charge in [0.25, 0.3) is 5.91 Å². The summed E-state index contributed by atoms with van der Waals surface area (Å²) in [5.41, 5.74) is -0.888. The van der Waals surface area contributed by atoms with E-state index in [4.69, 9.17) is 18.9 Å². The van der Waals surface area contributed by atoms with Crippen LogP contribution in [0.2, 0.25) is 0 Å². The number of nitro benzene ring substituents is 1. The van der Waals surface area contributed by atoms with Gasteiger partial charge in [-0.05, 0) is 19.8 Å². The van der Waals surface area contributed by atoms with Crippen molar-refractivity contribution in [2.24, 2.45) is 5.92 Å². The molecule has 33 heavy (non-hydrogen) atoms. The minimum absolute atomic E-state index is 0.0218. The highest BCUT2D eigenvalue weighted by Gasteiger charge is 2.35. The number of nitrogens with zero attached hydrogens (tertiary/aromatic N) is 3. The van der Waals surface area contributed by atoms with E-state index >= 15 is 0 Å². The molecule has 1 aromatic rings. The number of hydrogen-bond acceptors (Lipinski definition) is 9. The molecule has 1 aliphatic heterocycles. The number of carbonyl (C=O) groups is 3.